The molecule has 0 aliphatic carbocycles. The molecule has 0 saturated heterocycles. The lowest BCUT2D eigenvalue weighted by molar-refractivity contribution is 0.447. The summed E-state index contributed by atoms with van der Waals surface area (Å²) in [5, 5.41) is 1.01. The fourth-order valence-electron chi connectivity index (χ4n) is 2.74. The molecule has 0 spiro atoms. The van der Waals surface area contributed by atoms with E-state index < -0.39 is 0 Å². The van der Waals surface area contributed by atoms with Crippen molar-refractivity contribution >= 4 is 10.9 Å². The first kappa shape index (κ1) is 14.5. The number of rotatable bonds is 3. The topological polar surface area (TPSA) is 27.1 Å². The van der Waals surface area contributed by atoms with Crippen LogP contribution >= 0.6 is 0 Å². The Bertz CT molecular complexity index is 1010. The number of para-hydroxylation sites is 1. The fraction of sp³-hybridized carbons (Fsp3) is 0.0500. The molecule has 24 heavy (non-hydrogen) atoms. The molecule has 2 aromatic carbocycles. The summed E-state index contributed by atoms with van der Waals surface area (Å²) >= 11 is 0. The number of ether oxygens (including phenoxy) is 1. The highest BCUT2D eigenvalue weighted by Crippen LogP contribution is 2.33. The molecule has 0 fully saturated rings. The number of pyridine rings is 1. The van der Waals surface area contributed by atoms with E-state index in [9.17, 15) is 4.39 Å². The minimum Gasteiger partial charge on any atom is -0.440 e. The average Bonchev–Trinajstić information content (AvgIpc) is 2.97. The van der Waals surface area contributed by atoms with Gasteiger partial charge >= 0.3 is 0 Å². The summed E-state index contributed by atoms with van der Waals surface area (Å²) in [7, 11) is 0. The summed E-state index contributed by atoms with van der Waals surface area (Å²) in [6, 6.07) is 18.3. The van der Waals surface area contributed by atoms with Gasteiger partial charge in [-0.2, -0.15) is 0 Å². The molecule has 3 nitrogen and oxygen atoms in total. The zero-order valence-electron chi connectivity index (χ0n) is 13.1. The Morgan fingerprint density at radius 2 is 1.83 bits per heavy atom. The van der Waals surface area contributed by atoms with Crippen LogP contribution in [0.3, 0.4) is 0 Å². The zero-order valence-corrected chi connectivity index (χ0v) is 13.1. The van der Waals surface area contributed by atoms with Crippen LogP contribution in [0.25, 0.3) is 16.6 Å². The van der Waals surface area contributed by atoms with Crippen LogP contribution in [0.1, 0.15) is 5.56 Å². The molecule has 0 amide bonds. The molecule has 0 aliphatic heterocycles. The van der Waals surface area contributed by atoms with E-state index in [1.54, 1.807) is 18.5 Å². The number of benzene rings is 2. The number of nitrogens with zero attached hydrogens (tertiary/aromatic N) is 2. The van der Waals surface area contributed by atoms with Crippen molar-refractivity contribution < 1.29 is 9.13 Å². The molecule has 2 heterocycles. The summed E-state index contributed by atoms with van der Waals surface area (Å²) in [5.41, 5.74) is 2.77. The highest BCUT2D eigenvalue weighted by Gasteiger charge is 2.14. The summed E-state index contributed by atoms with van der Waals surface area (Å²) in [6.45, 7) is 1.89. The predicted molar refractivity (Wildman–Crippen MR) is 92.3 cm³/mol. The molecule has 0 radical (unpaired) electrons. The van der Waals surface area contributed by atoms with E-state index in [2.05, 4.69) is 4.98 Å². The Hall–Kier alpha value is -3.14. The number of hydrogen-bond acceptors (Lipinski definition) is 2. The molecule has 0 atom stereocenters. The van der Waals surface area contributed by atoms with Gasteiger partial charge in [0, 0.05) is 29.4 Å². The van der Waals surface area contributed by atoms with Crippen molar-refractivity contribution in [2.45, 2.75) is 6.92 Å². The van der Waals surface area contributed by atoms with Crippen molar-refractivity contribution in [2.75, 3.05) is 0 Å². The van der Waals surface area contributed by atoms with Crippen molar-refractivity contribution in [3.05, 3.63) is 84.4 Å². The third kappa shape index (κ3) is 2.52. The molecule has 4 heteroatoms. The molecule has 0 unspecified atom stereocenters. The van der Waals surface area contributed by atoms with Crippen LogP contribution in [-0.4, -0.2) is 9.55 Å². The fourth-order valence-corrected chi connectivity index (χ4v) is 2.74. The van der Waals surface area contributed by atoms with Gasteiger partial charge in [-0.05, 0) is 36.8 Å². The number of halogens is 1. The lowest BCUT2D eigenvalue weighted by atomic mass is 10.2. The van der Waals surface area contributed by atoms with E-state index >= 15 is 0 Å². The summed E-state index contributed by atoms with van der Waals surface area (Å²) in [5.74, 6) is 0.806. The van der Waals surface area contributed by atoms with Gasteiger partial charge in [0.1, 0.15) is 11.6 Å². The van der Waals surface area contributed by atoms with Gasteiger partial charge in [0.25, 0.3) is 0 Å². The lowest BCUT2D eigenvalue weighted by Crippen LogP contribution is -1.98. The van der Waals surface area contributed by atoms with Gasteiger partial charge in [0.05, 0.1) is 11.7 Å². The average molecular weight is 318 g/mol. The Morgan fingerprint density at radius 3 is 2.67 bits per heavy atom. The Balaban J connectivity index is 1.90. The summed E-state index contributed by atoms with van der Waals surface area (Å²) in [4.78, 5) is 4.21. The van der Waals surface area contributed by atoms with Crippen LogP contribution in [0.5, 0.6) is 11.6 Å². The number of aromatic nitrogens is 2. The van der Waals surface area contributed by atoms with Crippen LogP contribution in [0.15, 0.2) is 73.1 Å². The first-order valence-corrected chi connectivity index (χ1v) is 7.67. The van der Waals surface area contributed by atoms with E-state index in [4.69, 9.17) is 4.74 Å². The van der Waals surface area contributed by atoms with Crippen molar-refractivity contribution in [3.63, 3.8) is 0 Å². The molecule has 0 bridgehead atoms. The Kier molecular flexibility index (Phi) is 3.50. The molecule has 0 N–H and O–H groups in total. The lowest BCUT2D eigenvalue weighted by Gasteiger charge is -2.13. The minimum atomic E-state index is -0.320. The molecule has 118 valence electrons. The van der Waals surface area contributed by atoms with Crippen molar-refractivity contribution in [3.8, 4) is 17.3 Å². The number of hydrogen-bond donors (Lipinski definition) is 0. The van der Waals surface area contributed by atoms with Gasteiger partial charge < -0.3 is 4.74 Å². The van der Waals surface area contributed by atoms with Gasteiger partial charge in [0.2, 0.25) is 5.88 Å². The zero-order chi connectivity index (χ0) is 16.5. The van der Waals surface area contributed by atoms with E-state index in [1.807, 2.05) is 54.0 Å². The van der Waals surface area contributed by atoms with Gasteiger partial charge in [-0.1, -0.05) is 24.3 Å². The first-order valence-electron chi connectivity index (χ1n) is 7.67. The molecule has 2 aromatic heterocycles. The third-order valence-corrected chi connectivity index (χ3v) is 3.95. The van der Waals surface area contributed by atoms with E-state index in [0.717, 1.165) is 22.2 Å². The second kappa shape index (κ2) is 5.81. The molecular weight excluding hydrogens is 303 g/mol. The molecule has 0 aliphatic rings. The van der Waals surface area contributed by atoms with Crippen molar-refractivity contribution in [1.82, 2.24) is 9.55 Å². The predicted octanol–water partition coefficient (Wildman–Crippen LogP) is 5.27. The largest absolute Gasteiger partial charge is 0.440 e. The van der Waals surface area contributed by atoms with E-state index in [-0.39, 0.29) is 5.82 Å². The maximum absolute atomic E-state index is 13.6. The van der Waals surface area contributed by atoms with Crippen LogP contribution in [0.2, 0.25) is 0 Å². The second-order valence-corrected chi connectivity index (χ2v) is 5.60. The highest BCUT2D eigenvalue weighted by atomic mass is 19.1. The highest BCUT2D eigenvalue weighted by molar-refractivity contribution is 5.83. The third-order valence-electron chi connectivity index (χ3n) is 3.95. The van der Waals surface area contributed by atoms with E-state index in [1.165, 1.54) is 12.1 Å². The second-order valence-electron chi connectivity index (χ2n) is 5.60. The quantitative estimate of drug-likeness (QED) is 0.515. The van der Waals surface area contributed by atoms with Gasteiger partial charge in [-0.3, -0.25) is 9.55 Å². The molecule has 4 aromatic rings. The van der Waals surface area contributed by atoms with Crippen molar-refractivity contribution in [1.29, 1.82) is 0 Å². The van der Waals surface area contributed by atoms with Crippen LogP contribution in [-0.2, 0) is 0 Å². The summed E-state index contributed by atoms with van der Waals surface area (Å²) < 4.78 is 21.6. The minimum absolute atomic E-state index is 0.320. The van der Waals surface area contributed by atoms with Gasteiger partial charge in [0.15, 0.2) is 0 Å². The maximum Gasteiger partial charge on any atom is 0.205 e. The van der Waals surface area contributed by atoms with Crippen LogP contribution in [0.4, 0.5) is 4.39 Å². The smallest absolute Gasteiger partial charge is 0.205 e. The first-order chi connectivity index (χ1) is 11.7. The van der Waals surface area contributed by atoms with E-state index in [0.29, 0.717) is 11.6 Å². The maximum atomic E-state index is 13.6. The van der Waals surface area contributed by atoms with Crippen LogP contribution < -0.4 is 4.74 Å². The number of aryl methyl sites for hydroxylation is 1. The Labute approximate surface area is 139 Å². The molecule has 0 saturated carbocycles. The standard InChI is InChI=1S/C20H15FN2O/c1-14-7-8-16(21)12-19(14)24-20-11-15-9-10-22-13-18(15)23(20)17-5-3-2-4-6-17/h2-13H,1H3. The molecular formula is C20H15FN2O. The molecule has 4 rings (SSSR count). The van der Waals surface area contributed by atoms with Gasteiger partial charge in [-0.25, -0.2) is 4.39 Å². The van der Waals surface area contributed by atoms with Gasteiger partial charge in [-0.15, -0.1) is 0 Å². The summed E-state index contributed by atoms with van der Waals surface area (Å²) in [6.07, 6.45) is 3.54. The van der Waals surface area contributed by atoms with Crippen molar-refractivity contribution in [2.24, 2.45) is 0 Å². The monoisotopic (exact) mass is 318 g/mol. The van der Waals surface area contributed by atoms with Crippen LogP contribution in [0, 0.1) is 12.7 Å². The number of fused-ring (bicyclic) bond motifs is 1. The SMILES string of the molecule is Cc1ccc(F)cc1Oc1cc2ccncc2n1-c1ccccc1. The normalized spacial score (nSPS) is 10.9. The Morgan fingerprint density at radius 1 is 1.00 bits per heavy atom.